The van der Waals surface area contributed by atoms with E-state index in [1.807, 2.05) is 6.92 Å². The third-order valence-electron chi connectivity index (χ3n) is 3.28. The molecular weight excluding hydrogens is 260 g/mol. The summed E-state index contributed by atoms with van der Waals surface area (Å²) in [5.41, 5.74) is 6.42. The average molecular weight is 284 g/mol. The molecule has 0 spiro atoms. The summed E-state index contributed by atoms with van der Waals surface area (Å²) in [4.78, 5) is 0.292. The molecule has 0 radical (unpaired) electrons. The molecule has 0 amide bonds. The van der Waals surface area contributed by atoms with Crippen LogP contribution in [0.5, 0.6) is 0 Å². The second-order valence-electron chi connectivity index (χ2n) is 5.12. The Morgan fingerprint density at radius 3 is 2.26 bits per heavy atom. The standard InChI is InChI=1S/C14H24N2O2S/c1-4-11(2)9-12(3)16-19(17,18)14-7-5-13(10-15)6-8-14/h5-8,11-12,16H,4,9-10,15H2,1-3H3. The van der Waals surface area contributed by atoms with Gasteiger partial charge in [0.1, 0.15) is 0 Å². The minimum Gasteiger partial charge on any atom is -0.326 e. The van der Waals surface area contributed by atoms with Crippen LogP contribution < -0.4 is 10.5 Å². The van der Waals surface area contributed by atoms with Crippen molar-refractivity contribution in [1.82, 2.24) is 4.72 Å². The largest absolute Gasteiger partial charge is 0.326 e. The van der Waals surface area contributed by atoms with Gasteiger partial charge in [-0.3, -0.25) is 0 Å². The molecule has 3 N–H and O–H groups in total. The molecule has 0 saturated heterocycles. The van der Waals surface area contributed by atoms with Gasteiger partial charge in [-0.05, 0) is 37.0 Å². The van der Waals surface area contributed by atoms with Crippen molar-refractivity contribution in [2.45, 2.75) is 51.1 Å². The first-order chi connectivity index (χ1) is 8.89. The van der Waals surface area contributed by atoms with Crippen LogP contribution in [-0.2, 0) is 16.6 Å². The fourth-order valence-corrected chi connectivity index (χ4v) is 3.21. The van der Waals surface area contributed by atoms with Gasteiger partial charge >= 0.3 is 0 Å². The Hall–Kier alpha value is -0.910. The fraction of sp³-hybridized carbons (Fsp3) is 0.571. The molecule has 108 valence electrons. The van der Waals surface area contributed by atoms with Gasteiger partial charge in [-0.2, -0.15) is 0 Å². The number of benzene rings is 1. The highest BCUT2D eigenvalue weighted by molar-refractivity contribution is 7.89. The Bertz CT molecular complexity index is 483. The predicted molar refractivity (Wildman–Crippen MR) is 78.2 cm³/mol. The summed E-state index contributed by atoms with van der Waals surface area (Å²) in [5, 5.41) is 0. The zero-order valence-corrected chi connectivity index (χ0v) is 12.7. The van der Waals surface area contributed by atoms with Gasteiger partial charge in [0.15, 0.2) is 0 Å². The number of sulfonamides is 1. The van der Waals surface area contributed by atoms with Gasteiger partial charge in [-0.15, -0.1) is 0 Å². The van der Waals surface area contributed by atoms with Crippen molar-refractivity contribution in [3.8, 4) is 0 Å². The Morgan fingerprint density at radius 1 is 1.21 bits per heavy atom. The van der Waals surface area contributed by atoms with Crippen molar-refractivity contribution >= 4 is 10.0 Å². The highest BCUT2D eigenvalue weighted by atomic mass is 32.2. The van der Waals surface area contributed by atoms with E-state index in [2.05, 4.69) is 18.6 Å². The van der Waals surface area contributed by atoms with Crippen molar-refractivity contribution in [3.63, 3.8) is 0 Å². The topological polar surface area (TPSA) is 72.2 Å². The van der Waals surface area contributed by atoms with Gasteiger partial charge in [-0.1, -0.05) is 32.4 Å². The smallest absolute Gasteiger partial charge is 0.240 e. The quantitative estimate of drug-likeness (QED) is 0.806. The first kappa shape index (κ1) is 16.1. The first-order valence-electron chi connectivity index (χ1n) is 6.70. The second-order valence-corrected chi connectivity index (χ2v) is 6.83. The lowest BCUT2D eigenvalue weighted by atomic mass is 10.0. The van der Waals surface area contributed by atoms with Gasteiger partial charge in [0.2, 0.25) is 10.0 Å². The van der Waals surface area contributed by atoms with E-state index in [-0.39, 0.29) is 6.04 Å². The third kappa shape index (κ3) is 4.93. The van der Waals surface area contributed by atoms with Gasteiger partial charge in [0, 0.05) is 12.6 Å². The van der Waals surface area contributed by atoms with Gasteiger partial charge in [-0.25, -0.2) is 13.1 Å². The Labute approximate surface area is 116 Å². The molecule has 0 aromatic heterocycles. The Morgan fingerprint density at radius 2 is 1.79 bits per heavy atom. The van der Waals surface area contributed by atoms with Crippen molar-refractivity contribution < 1.29 is 8.42 Å². The molecule has 0 saturated carbocycles. The minimum atomic E-state index is -3.43. The van der Waals surface area contributed by atoms with E-state index in [1.165, 1.54) is 0 Å². The fourth-order valence-electron chi connectivity index (χ4n) is 1.96. The molecule has 19 heavy (non-hydrogen) atoms. The van der Waals surface area contributed by atoms with E-state index in [1.54, 1.807) is 24.3 Å². The van der Waals surface area contributed by atoms with E-state index in [0.29, 0.717) is 17.4 Å². The van der Waals surface area contributed by atoms with Crippen LogP contribution in [0.15, 0.2) is 29.2 Å². The number of nitrogens with two attached hydrogens (primary N) is 1. The first-order valence-corrected chi connectivity index (χ1v) is 8.18. The highest BCUT2D eigenvalue weighted by Crippen LogP contribution is 2.14. The summed E-state index contributed by atoms with van der Waals surface area (Å²) in [6.45, 7) is 6.55. The minimum absolute atomic E-state index is 0.0610. The van der Waals surface area contributed by atoms with Crippen LogP contribution in [0.4, 0.5) is 0 Å². The summed E-state index contributed by atoms with van der Waals surface area (Å²) in [6, 6.07) is 6.62. The number of nitrogens with one attached hydrogen (secondary N) is 1. The molecule has 0 aliphatic rings. The normalized spacial score (nSPS) is 15.2. The summed E-state index contributed by atoms with van der Waals surface area (Å²) >= 11 is 0. The average Bonchev–Trinajstić information content (AvgIpc) is 2.37. The molecule has 1 aromatic rings. The monoisotopic (exact) mass is 284 g/mol. The molecule has 0 aliphatic carbocycles. The van der Waals surface area contributed by atoms with Crippen molar-refractivity contribution in [3.05, 3.63) is 29.8 Å². The summed E-state index contributed by atoms with van der Waals surface area (Å²) in [5.74, 6) is 0.511. The zero-order chi connectivity index (χ0) is 14.5. The third-order valence-corrected chi connectivity index (χ3v) is 4.88. The predicted octanol–water partition coefficient (Wildman–Crippen LogP) is 2.25. The maximum absolute atomic E-state index is 12.2. The SMILES string of the molecule is CCC(C)CC(C)NS(=O)(=O)c1ccc(CN)cc1. The maximum atomic E-state index is 12.2. The Balaban J connectivity index is 2.74. The van der Waals surface area contributed by atoms with Crippen molar-refractivity contribution in [2.24, 2.45) is 11.7 Å². The van der Waals surface area contributed by atoms with Gasteiger partial charge in [0.25, 0.3) is 0 Å². The van der Waals surface area contributed by atoms with Crippen LogP contribution in [-0.4, -0.2) is 14.5 Å². The molecule has 5 heteroatoms. The zero-order valence-electron chi connectivity index (χ0n) is 11.9. The molecule has 1 aromatic carbocycles. The summed E-state index contributed by atoms with van der Waals surface area (Å²) < 4.78 is 27.1. The molecule has 0 heterocycles. The van der Waals surface area contributed by atoms with Crippen LogP contribution in [0.25, 0.3) is 0 Å². The van der Waals surface area contributed by atoms with E-state index in [9.17, 15) is 8.42 Å². The number of rotatable bonds is 7. The highest BCUT2D eigenvalue weighted by Gasteiger charge is 2.18. The van der Waals surface area contributed by atoms with E-state index < -0.39 is 10.0 Å². The van der Waals surface area contributed by atoms with Crippen molar-refractivity contribution in [2.75, 3.05) is 0 Å². The summed E-state index contributed by atoms with van der Waals surface area (Å²) in [6.07, 6.45) is 1.90. The molecule has 4 nitrogen and oxygen atoms in total. The lowest BCUT2D eigenvalue weighted by Crippen LogP contribution is -2.33. The lowest BCUT2D eigenvalue weighted by Gasteiger charge is -2.17. The molecule has 0 bridgehead atoms. The van der Waals surface area contributed by atoms with E-state index >= 15 is 0 Å². The molecule has 0 aliphatic heterocycles. The Kier molecular flexibility index (Phi) is 5.97. The van der Waals surface area contributed by atoms with Crippen LogP contribution in [0.1, 0.15) is 39.2 Å². The number of hydrogen-bond donors (Lipinski definition) is 2. The van der Waals surface area contributed by atoms with Crippen LogP contribution in [0.2, 0.25) is 0 Å². The molecule has 0 fully saturated rings. The molecule has 2 atom stereocenters. The van der Waals surface area contributed by atoms with Crippen molar-refractivity contribution in [1.29, 1.82) is 0 Å². The second kappa shape index (κ2) is 7.03. The molecular formula is C14H24N2O2S. The van der Waals surface area contributed by atoms with Crippen LogP contribution in [0, 0.1) is 5.92 Å². The van der Waals surface area contributed by atoms with Gasteiger partial charge < -0.3 is 5.73 Å². The summed E-state index contributed by atoms with van der Waals surface area (Å²) in [7, 11) is -3.43. The van der Waals surface area contributed by atoms with E-state index in [4.69, 9.17) is 5.73 Å². The van der Waals surface area contributed by atoms with Gasteiger partial charge in [0.05, 0.1) is 4.90 Å². The molecule has 2 unspecified atom stereocenters. The van der Waals surface area contributed by atoms with Crippen LogP contribution in [0.3, 0.4) is 0 Å². The maximum Gasteiger partial charge on any atom is 0.240 e. The molecule has 1 rings (SSSR count). The number of hydrogen-bond acceptors (Lipinski definition) is 3. The van der Waals surface area contributed by atoms with E-state index in [0.717, 1.165) is 18.4 Å². The lowest BCUT2D eigenvalue weighted by molar-refractivity contribution is 0.445. The van der Waals surface area contributed by atoms with Crippen LogP contribution >= 0.6 is 0 Å².